The van der Waals surface area contributed by atoms with E-state index < -0.39 is 5.60 Å². The Bertz CT molecular complexity index is 310. The van der Waals surface area contributed by atoms with E-state index in [-0.39, 0.29) is 11.1 Å². The third kappa shape index (κ3) is 2.66. The van der Waals surface area contributed by atoms with E-state index in [4.69, 9.17) is 0 Å². The predicted octanol–water partition coefficient (Wildman–Crippen LogP) is 1.94. The average Bonchev–Trinajstić information content (AvgIpc) is 2.19. The molecule has 0 aliphatic carbocycles. The van der Waals surface area contributed by atoms with Crippen LogP contribution in [0.25, 0.3) is 0 Å². The Morgan fingerprint density at radius 1 is 1.43 bits per heavy atom. The summed E-state index contributed by atoms with van der Waals surface area (Å²) in [5.41, 5.74) is -0.314. The number of halogens is 1. The Kier molecular flexibility index (Phi) is 3.84. The van der Waals surface area contributed by atoms with Gasteiger partial charge in [-0.05, 0) is 12.5 Å². The standard InChI is InChI=1S/C11H13BrO2/c1-9(13)11(14,8-12)7-10-5-3-2-4-6-10/h2-6,14H,7-8H2,1H3/t11-/m0/s1. The quantitative estimate of drug-likeness (QED) is 0.837. The monoisotopic (exact) mass is 256 g/mol. The van der Waals surface area contributed by atoms with Crippen molar-refractivity contribution in [3.8, 4) is 0 Å². The van der Waals surface area contributed by atoms with Crippen molar-refractivity contribution in [2.75, 3.05) is 5.33 Å². The zero-order valence-corrected chi connectivity index (χ0v) is 9.62. The van der Waals surface area contributed by atoms with Crippen molar-refractivity contribution in [3.63, 3.8) is 0 Å². The Hall–Kier alpha value is -0.670. The van der Waals surface area contributed by atoms with Crippen molar-refractivity contribution in [1.82, 2.24) is 0 Å². The van der Waals surface area contributed by atoms with E-state index in [9.17, 15) is 9.90 Å². The van der Waals surface area contributed by atoms with Gasteiger partial charge in [-0.15, -0.1) is 0 Å². The summed E-state index contributed by atoms with van der Waals surface area (Å²) < 4.78 is 0. The van der Waals surface area contributed by atoms with Gasteiger partial charge in [0.2, 0.25) is 0 Å². The van der Waals surface area contributed by atoms with Crippen LogP contribution in [-0.2, 0) is 11.2 Å². The van der Waals surface area contributed by atoms with Crippen molar-refractivity contribution in [2.45, 2.75) is 18.9 Å². The smallest absolute Gasteiger partial charge is 0.162 e. The molecule has 0 amide bonds. The zero-order valence-electron chi connectivity index (χ0n) is 8.03. The van der Waals surface area contributed by atoms with Gasteiger partial charge < -0.3 is 5.11 Å². The molecule has 1 N–H and O–H groups in total. The number of carbonyl (C=O) groups is 1. The summed E-state index contributed by atoms with van der Waals surface area (Å²) in [6.45, 7) is 1.41. The predicted molar refractivity (Wildman–Crippen MR) is 59.6 cm³/mol. The van der Waals surface area contributed by atoms with Gasteiger partial charge in [0.25, 0.3) is 0 Å². The van der Waals surface area contributed by atoms with Crippen molar-refractivity contribution in [3.05, 3.63) is 35.9 Å². The number of hydrogen-bond acceptors (Lipinski definition) is 2. The third-order valence-electron chi connectivity index (χ3n) is 2.22. The van der Waals surface area contributed by atoms with Gasteiger partial charge in [0.05, 0.1) is 0 Å². The van der Waals surface area contributed by atoms with E-state index in [2.05, 4.69) is 15.9 Å². The molecule has 0 aliphatic heterocycles. The van der Waals surface area contributed by atoms with Crippen molar-refractivity contribution < 1.29 is 9.90 Å². The van der Waals surface area contributed by atoms with Crippen LogP contribution in [0, 0.1) is 0 Å². The highest BCUT2D eigenvalue weighted by Crippen LogP contribution is 2.17. The molecule has 1 aromatic rings. The third-order valence-corrected chi connectivity index (χ3v) is 3.14. The summed E-state index contributed by atoms with van der Waals surface area (Å²) in [6.07, 6.45) is 0.356. The van der Waals surface area contributed by atoms with E-state index in [0.29, 0.717) is 6.42 Å². The molecule has 0 fully saturated rings. The molecule has 1 rings (SSSR count). The second-order valence-electron chi connectivity index (χ2n) is 3.38. The van der Waals surface area contributed by atoms with Crippen LogP contribution in [0.1, 0.15) is 12.5 Å². The summed E-state index contributed by atoms with van der Waals surface area (Å²) in [6, 6.07) is 9.49. The number of ketones is 1. The lowest BCUT2D eigenvalue weighted by Crippen LogP contribution is -2.41. The molecule has 0 aliphatic rings. The number of carbonyl (C=O) groups excluding carboxylic acids is 1. The van der Waals surface area contributed by atoms with Gasteiger partial charge >= 0.3 is 0 Å². The number of rotatable bonds is 4. The number of hydrogen-bond donors (Lipinski definition) is 1. The second-order valence-corrected chi connectivity index (χ2v) is 3.94. The first-order valence-corrected chi connectivity index (χ1v) is 5.54. The minimum Gasteiger partial charge on any atom is -0.381 e. The molecule has 0 spiro atoms. The molecule has 0 saturated heterocycles. The summed E-state index contributed by atoms with van der Waals surface area (Å²) >= 11 is 3.16. The van der Waals surface area contributed by atoms with Crippen molar-refractivity contribution >= 4 is 21.7 Å². The van der Waals surface area contributed by atoms with Gasteiger partial charge in [0, 0.05) is 11.8 Å². The van der Waals surface area contributed by atoms with Crippen LogP contribution < -0.4 is 0 Å². The van der Waals surface area contributed by atoms with Crippen LogP contribution in [0.2, 0.25) is 0 Å². The Balaban J connectivity index is 2.81. The first-order chi connectivity index (χ1) is 6.58. The van der Waals surface area contributed by atoms with E-state index in [1.54, 1.807) is 0 Å². The highest BCUT2D eigenvalue weighted by Gasteiger charge is 2.31. The van der Waals surface area contributed by atoms with Gasteiger partial charge in [-0.1, -0.05) is 46.3 Å². The minimum atomic E-state index is -1.28. The van der Waals surface area contributed by atoms with Crippen molar-refractivity contribution in [1.29, 1.82) is 0 Å². The molecule has 0 heterocycles. The van der Waals surface area contributed by atoms with Crippen LogP contribution in [0.3, 0.4) is 0 Å². The lowest BCUT2D eigenvalue weighted by atomic mass is 9.93. The summed E-state index contributed by atoms with van der Waals surface area (Å²) in [4.78, 5) is 11.2. The molecule has 1 aromatic carbocycles. The second kappa shape index (κ2) is 4.71. The largest absolute Gasteiger partial charge is 0.381 e. The molecule has 14 heavy (non-hydrogen) atoms. The molecular formula is C11H13BrO2. The minimum absolute atomic E-state index is 0.210. The molecular weight excluding hydrogens is 244 g/mol. The first kappa shape index (κ1) is 11.4. The van der Waals surface area contributed by atoms with Gasteiger partial charge in [0.15, 0.2) is 5.78 Å². The van der Waals surface area contributed by atoms with Crippen molar-refractivity contribution in [2.24, 2.45) is 0 Å². The summed E-state index contributed by atoms with van der Waals surface area (Å²) in [7, 11) is 0. The molecule has 2 nitrogen and oxygen atoms in total. The summed E-state index contributed by atoms with van der Waals surface area (Å²) in [5, 5.41) is 10.2. The van der Waals surface area contributed by atoms with Gasteiger partial charge in [-0.3, -0.25) is 4.79 Å². The number of aliphatic hydroxyl groups is 1. The molecule has 76 valence electrons. The lowest BCUT2D eigenvalue weighted by Gasteiger charge is -2.22. The van der Waals surface area contributed by atoms with Crippen LogP contribution in [0.15, 0.2) is 30.3 Å². The average molecular weight is 257 g/mol. The van der Waals surface area contributed by atoms with E-state index in [1.165, 1.54) is 6.92 Å². The molecule has 1 atom stereocenters. The Labute approximate surface area is 92.1 Å². The van der Waals surface area contributed by atoms with Gasteiger partial charge in [0.1, 0.15) is 5.60 Å². The molecule has 0 bridgehead atoms. The maximum atomic E-state index is 11.2. The Morgan fingerprint density at radius 2 is 2.00 bits per heavy atom. The first-order valence-electron chi connectivity index (χ1n) is 4.42. The fourth-order valence-electron chi connectivity index (χ4n) is 1.20. The molecule has 0 unspecified atom stereocenters. The van der Waals surface area contributed by atoms with E-state index >= 15 is 0 Å². The molecule has 0 saturated carbocycles. The van der Waals surface area contributed by atoms with Crippen LogP contribution in [0.4, 0.5) is 0 Å². The normalized spacial score (nSPS) is 14.8. The highest BCUT2D eigenvalue weighted by molar-refractivity contribution is 9.09. The molecule has 0 radical (unpaired) electrons. The van der Waals surface area contributed by atoms with Crippen LogP contribution in [0.5, 0.6) is 0 Å². The maximum Gasteiger partial charge on any atom is 0.162 e. The number of Topliss-reactive ketones (excluding diaryl/α,β-unsaturated/α-hetero) is 1. The highest BCUT2D eigenvalue weighted by atomic mass is 79.9. The van der Waals surface area contributed by atoms with Crippen LogP contribution >= 0.6 is 15.9 Å². The zero-order chi connectivity index (χ0) is 10.6. The topological polar surface area (TPSA) is 37.3 Å². The number of alkyl halides is 1. The fraction of sp³-hybridized carbons (Fsp3) is 0.364. The van der Waals surface area contributed by atoms with Crippen LogP contribution in [-0.4, -0.2) is 21.8 Å². The SMILES string of the molecule is CC(=O)[C@@](O)(CBr)Cc1ccccc1. The van der Waals surface area contributed by atoms with E-state index in [1.807, 2.05) is 30.3 Å². The summed E-state index contributed by atoms with van der Waals surface area (Å²) in [5.74, 6) is -0.210. The lowest BCUT2D eigenvalue weighted by molar-refractivity contribution is -0.132. The maximum absolute atomic E-state index is 11.2. The number of benzene rings is 1. The Morgan fingerprint density at radius 3 is 2.43 bits per heavy atom. The molecule has 3 heteroatoms. The van der Waals surface area contributed by atoms with Gasteiger partial charge in [-0.2, -0.15) is 0 Å². The van der Waals surface area contributed by atoms with E-state index in [0.717, 1.165) is 5.56 Å². The fourth-order valence-corrected chi connectivity index (χ4v) is 1.79. The van der Waals surface area contributed by atoms with Gasteiger partial charge in [-0.25, -0.2) is 0 Å². The molecule has 0 aromatic heterocycles.